The molecule has 0 atom stereocenters. The molecule has 0 amide bonds. The second-order valence-electron chi connectivity index (χ2n) is 6.82. The van der Waals surface area contributed by atoms with Crippen LogP contribution in [-0.4, -0.2) is 15.1 Å². The normalized spacial score (nSPS) is 12.4. The van der Waals surface area contributed by atoms with Crippen molar-refractivity contribution < 1.29 is 22.1 Å². The maximum Gasteiger partial charge on any atom is 0.416 e. The van der Waals surface area contributed by atoms with E-state index in [1.54, 1.807) is 18.2 Å². The monoisotopic (exact) mass is 456 g/mol. The number of nitrogens with zero attached hydrogens (tertiary/aromatic N) is 4. The highest BCUT2D eigenvalue weighted by Gasteiger charge is 2.31. The molecule has 2 aromatic heterocycles. The highest BCUT2D eigenvalue weighted by molar-refractivity contribution is 5.93. The van der Waals surface area contributed by atoms with Gasteiger partial charge in [0.25, 0.3) is 5.89 Å². The van der Waals surface area contributed by atoms with Crippen LogP contribution in [0.1, 0.15) is 17.0 Å². The molecule has 0 unspecified atom stereocenters. The van der Waals surface area contributed by atoms with Crippen LogP contribution in [0.25, 0.3) is 22.8 Å². The van der Waals surface area contributed by atoms with Crippen molar-refractivity contribution in [1.82, 2.24) is 15.1 Å². The van der Waals surface area contributed by atoms with Gasteiger partial charge in [0, 0.05) is 23.5 Å². The smallest absolute Gasteiger partial charge is 0.392 e. The first-order valence-corrected chi connectivity index (χ1v) is 9.47. The zero-order chi connectivity index (χ0) is 23.6. The Morgan fingerprint density at radius 2 is 1.70 bits per heavy atom. The molecule has 0 bridgehead atoms. The molecule has 0 aliphatic carbocycles. The summed E-state index contributed by atoms with van der Waals surface area (Å²) in [6, 6.07) is 13.4. The third kappa shape index (κ3) is 4.53. The van der Waals surface area contributed by atoms with Crippen molar-refractivity contribution in [1.29, 1.82) is 0 Å². The minimum atomic E-state index is -4.53. The molecular formula is C22H16F4N6O. The number of pyridine rings is 1. The van der Waals surface area contributed by atoms with Crippen LogP contribution in [0, 0.1) is 5.82 Å². The Kier molecular flexibility index (Phi) is 5.80. The molecule has 0 aliphatic rings. The van der Waals surface area contributed by atoms with E-state index in [1.165, 1.54) is 42.7 Å². The number of para-hydroxylation sites is 1. The average molecular weight is 456 g/mol. The summed E-state index contributed by atoms with van der Waals surface area (Å²) in [4.78, 5) is 8.07. The molecule has 0 radical (unpaired) electrons. The quantitative estimate of drug-likeness (QED) is 0.259. The van der Waals surface area contributed by atoms with Crippen molar-refractivity contribution in [2.75, 3.05) is 5.01 Å². The third-order valence-corrected chi connectivity index (χ3v) is 4.67. The molecule has 7 nitrogen and oxygen atoms in total. The molecule has 0 spiro atoms. The van der Waals surface area contributed by atoms with Crippen LogP contribution in [0.4, 0.5) is 23.2 Å². The van der Waals surface area contributed by atoms with Crippen LogP contribution in [0.15, 0.2) is 77.6 Å². The number of hydrogen-bond acceptors (Lipinski definition) is 7. The fourth-order valence-electron chi connectivity index (χ4n) is 3.09. The van der Waals surface area contributed by atoms with Gasteiger partial charge < -0.3 is 10.3 Å². The van der Waals surface area contributed by atoms with Crippen LogP contribution in [-0.2, 0) is 6.18 Å². The lowest BCUT2D eigenvalue weighted by Crippen LogP contribution is -2.32. The number of rotatable bonds is 5. The predicted octanol–water partition coefficient (Wildman–Crippen LogP) is 4.45. The van der Waals surface area contributed by atoms with Gasteiger partial charge in [0.15, 0.2) is 0 Å². The number of benzene rings is 2. The summed E-state index contributed by atoms with van der Waals surface area (Å²) in [6.07, 6.45) is -1.56. The molecule has 4 N–H and O–H groups in total. The SMILES string of the molecule is N/C(=C(/c1ccncc1)N(N)c1ccccc1F)c1nc(-c2cccc(C(F)(F)F)c2)no1. The van der Waals surface area contributed by atoms with Crippen LogP contribution in [0.3, 0.4) is 0 Å². The van der Waals surface area contributed by atoms with E-state index >= 15 is 0 Å². The largest absolute Gasteiger partial charge is 0.416 e. The molecule has 2 heterocycles. The number of alkyl halides is 3. The Hall–Kier alpha value is -4.25. The fourth-order valence-corrected chi connectivity index (χ4v) is 3.09. The Morgan fingerprint density at radius 3 is 2.39 bits per heavy atom. The van der Waals surface area contributed by atoms with Crippen LogP contribution in [0.5, 0.6) is 0 Å². The van der Waals surface area contributed by atoms with E-state index in [9.17, 15) is 17.6 Å². The molecule has 4 rings (SSSR count). The van der Waals surface area contributed by atoms with Crippen LogP contribution in [0.2, 0.25) is 0 Å². The Balaban J connectivity index is 1.81. The lowest BCUT2D eigenvalue weighted by molar-refractivity contribution is -0.137. The van der Waals surface area contributed by atoms with Gasteiger partial charge in [-0.2, -0.15) is 18.2 Å². The standard InChI is InChI=1S/C22H16F4N6O/c23-16-6-1-2-7-17(16)32(28)19(13-8-10-29-11-9-13)18(27)21-30-20(31-33-21)14-4-3-5-15(12-14)22(24,25)26/h1-12H,27-28H2/b19-18-. The fraction of sp³-hybridized carbons (Fsp3) is 0.0455. The molecule has 0 aliphatic heterocycles. The minimum Gasteiger partial charge on any atom is -0.392 e. The molecule has 0 saturated carbocycles. The van der Waals surface area contributed by atoms with E-state index in [2.05, 4.69) is 15.1 Å². The molecule has 168 valence electrons. The highest BCUT2D eigenvalue weighted by atomic mass is 19.4. The predicted molar refractivity (Wildman–Crippen MR) is 113 cm³/mol. The maximum atomic E-state index is 14.4. The van der Waals surface area contributed by atoms with Gasteiger partial charge in [-0.1, -0.05) is 29.4 Å². The van der Waals surface area contributed by atoms with Crippen LogP contribution < -0.4 is 16.6 Å². The second-order valence-corrected chi connectivity index (χ2v) is 6.82. The van der Waals surface area contributed by atoms with Gasteiger partial charge in [-0.3, -0.25) is 9.99 Å². The van der Waals surface area contributed by atoms with Gasteiger partial charge in [0.05, 0.1) is 16.9 Å². The summed E-state index contributed by atoms with van der Waals surface area (Å²) in [6.45, 7) is 0. The number of aromatic nitrogens is 3. The Bertz CT molecular complexity index is 1300. The van der Waals surface area contributed by atoms with Gasteiger partial charge >= 0.3 is 6.18 Å². The third-order valence-electron chi connectivity index (χ3n) is 4.67. The zero-order valence-electron chi connectivity index (χ0n) is 16.8. The summed E-state index contributed by atoms with van der Waals surface area (Å²) in [5.41, 5.74) is 6.00. The first-order valence-electron chi connectivity index (χ1n) is 9.47. The lowest BCUT2D eigenvalue weighted by Gasteiger charge is -2.23. The Morgan fingerprint density at radius 1 is 0.970 bits per heavy atom. The van der Waals surface area contributed by atoms with E-state index in [0.29, 0.717) is 5.56 Å². The molecule has 2 aromatic carbocycles. The first kappa shape index (κ1) is 22.0. The van der Waals surface area contributed by atoms with Crippen molar-refractivity contribution >= 4 is 17.1 Å². The van der Waals surface area contributed by atoms with Gasteiger partial charge in [-0.15, -0.1) is 0 Å². The average Bonchev–Trinajstić information content (AvgIpc) is 3.30. The zero-order valence-corrected chi connectivity index (χ0v) is 16.8. The molecular weight excluding hydrogens is 440 g/mol. The molecule has 11 heteroatoms. The van der Waals surface area contributed by atoms with Crippen molar-refractivity contribution in [3.8, 4) is 11.4 Å². The second kappa shape index (κ2) is 8.71. The van der Waals surface area contributed by atoms with Gasteiger partial charge in [0.1, 0.15) is 11.5 Å². The number of anilines is 1. The van der Waals surface area contributed by atoms with Gasteiger partial charge in [-0.05, 0) is 36.4 Å². The Labute approximate surface area is 184 Å². The van der Waals surface area contributed by atoms with Crippen molar-refractivity contribution in [3.05, 3.63) is 95.9 Å². The van der Waals surface area contributed by atoms with Crippen molar-refractivity contribution in [2.45, 2.75) is 6.18 Å². The molecule has 4 aromatic rings. The van der Waals surface area contributed by atoms with E-state index in [0.717, 1.165) is 17.1 Å². The summed E-state index contributed by atoms with van der Waals surface area (Å²) < 4.78 is 58.7. The van der Waals surface area contributed by atoms with Gasteiger partial charge in [-0.25, -0.2) is 10.2 Å². The van der Waals surface area contributed by atoms with Gasteiger partial charge in [0.2, 0.25) is 5.82 Å². The summed E-state index contributed by atoms with van der Waals surface area (Å²) in [5.74, 6) is 5.30. The van der Waals surface area contributed by atoms with E-state index in [1.807, 2.05) is 0 Å². The summed E-state index contributed by atoms with van der Waals surface area (Å²) in [5, 5.41) is 4.76. The maximum absolute atomic E-state index is 14.4. The first-order chi connectivity index (χ1) is 15.8. The van der Waals surface area contributed by atoms with Crippen molar-refractivity contribution in [2.24, 2.45) is 11.6 Å². The summed E-state index contributed by atoms with van der Waals surface area (Å²) in [7, 11) is 0. The van der Waals surface area contributed by atoms with E-state index < -0.39 is 17.6 Å². The number of hydrazine groups is 1. The number of hydrogen-bond donors (Lipinski definition) is 2. The molecule has 33 heavy (non-hydrogen) atoms. The lowest BCUT2D eigenvalue weighted by atomic mass is 10.1. The summed E-state index contributed by atoms with van der Waals surface area (Å²) >= 11 is 0. The number of nitrogens with two attached hydrogens (primary N) is 2. The molecule has 0 fully saturated rings. The highest BCUT2D eigenvalue weighted by Crippen LogP contribution is 2.33. The minimum absolute atomic E-state index is 0.0184. The topological polar surface area (TPSA) is 107 Å². The van der Waals surface area contributed by atoms with E-state index in [4.69, 9.17) is 16.1 Å². The van der Waals surface area contributed by atoms with Crippen molar-refractivity contribution in [3.63, 3.8) is 0 Å². The van der Waals surface area contributed by atoms with E-state index in [-0.39, 0.29) is 34.4 Å². The number of halogens is 4. The van der Waals surface area contributed by atoms with Crippen LogP contribution >= 0.6 is 0 Å². The molecule has 0 saturated heterocycles.